The van der Waals surface area contributed by atoms with Crippen molar-refractivity contribution in [3.05, 3.63) is 34.9 Å². The summed E-state index contributed by atoms with van der Waals surface area (Å²) in [4.78, 5) is 2.40. The molecule has 1 aliphatic rings. The molecule has 0 atom stereocenters. The normalized spacial score (nSPS) is 22.3. The molecule has 1 saturated carbocycles. The standard InChI is InChI=1S/C17H27ClN2/c1-13(2)20(3)10-6-9-19-15-11-14(12-15)16-7-4-5-8-17(16)18/h4-5,7-8,13-15,19H,6,9-12H2,1-3H3. The molecule has 0 aromatic heterocycles. The Morgan fingerprint density at radius 3 is 2.65 bits per heavy atom. The number of nitrogens with one attached hydrogen (secondary N) is 1. The summed E-state index contributed by atoms with van der Waals surface area (Å²) in [5.41, 5.74) is 1.33. The number of rotatable bonds is 7. The van der Waals surface area contributed by atoms with Gasteiger partial charge < -0.3 is 10.2 Å². The Labute approximate surface area is 128 Å². The van der Waals surface area contributed by atoms with Crippen LogP contribution in [-0.4, -0.2) is 37.1 Å². The van der Waals surface area contributed by atoms with Gasteiger partial charge in [-0.05, 0) is 70.8 Å². The van der Waals surface area contributed by atoms with E-state index in [0.29, 0.717) is 18.0 Å². The SMILES string of the molecule is CC(C)N(C)CCCNC1CC(c2ccccc2Cl)C1. The summed E-state index contributed by atoms with van der Waals surface area (Å²) in [5.74, 6) is 0.652. The molecule has 0 unspecified atom stereocenters. The van der Waals surface area contributed by atoms with Crippen molar-refractivity contribution in [2.24, 2.45) is 0 Å². The van der Waals surface area contributed by atoms with E-state index in [2.05, 4.69) is 43.2 Å². The van der Waals surface area contributed by atoms with Gasteiger partial charge in [-0.15, -0.1) is 0 Å². The lowest BCUT2D eigenvalue weighted by Gasteiger charge is -2.37. The van der Waals surface area contributed by atoms with E-state index in [1.165, 1.54) is 31.4 Å². The Balaban J connectivity index is 1.62. The Kier molecular flexibility index (Phi) is 5.88. The minimum atomic E-state index is 0.642. The number of hydrogen-bond donors (Lipinski definition) is 1. The summed E-state index contributed by atoms with van der Waals surface area (Å²) < 4.78 is 0. The minimum Gasteiger partial charge on any atom is -0.314 e. The first kappa shape index (κ1) is 15.8. The van der Waals surface area contributed by atoms with Gasteiger partial charge in [-0.1, -0.05) is 29.8 Å². The molecule has 2 nitrogen and oxygen atoms in total. The molecule has 112 valence electrons. The van der Waals surface area contributed by atoms with Crippen LogP contribution in [0.3, 0.4) is 0 Å². The van der Waals surface area contributed by atoms with Crippen LogP contribution in [0.5, 0.6) is 0 Å². The Bertz CT molecular complexity index is 413. The van der Waals surface area contributed by atoms with Crippen molar-refractivity contribution in [3.63, 3.8) is 0 Å². The lowest BCUT2D eigenvalue weighted by Crippen LogP contribution is -2.41. The van der Waals surface area contributed by atoms with Gasteiger partial charge in [0.25, 0.3) is 0 Å². The number of hydrogen-bond acceptors (Lipinski definition) is 2. The molecule has 0 radical (unpaired) electrons. The van der Waals surface area contributed by atoms with Crippen LogP contribution < -0.4 is 5.32 Å². The highest BCUT2D eigenvalue weighted by molar-refractivity contribution is 6.31. The van der Waals surface area contributed by atoms with E-state index in [1.54, 1.807) is 0 Å². The fourth-order valence-electron chi connectivity index (χ4n) is 2.74. The van der Waals surface area contributed by atoms with Gasteiger partial charge in [-0.25, -0.2) is 0 Å². The van der Waals surface area contributed by atoms with Crippen LogP contribution in [0, 0.1) is 0 Å². The zero-order valence-electron chi connectivity index (χ0n) is 12.9. The molecule has 1 aromatic rings. The maximum atomic E-state index is 6.24. The van der Waals surface area contributed by atoms with Crippen LogP contribution in [0.15, 0.2) is 24.3 Å². The van der Waals surface area contributed by atoms with E-state index in [1.807, 2.05) is 12.1 Å². The maximum absolute atomic E-state index is 6.24. The van der Waals surface area contributed by atoms with Gasteiger partial charge in [0.2, 0.25) is 0 Å². The third kappa shape index (κ3) is 4.21. The Hall–Kier alpha value is -0.570. The highest BCUT2D eigenvalue weighted by Crippen LogP contribution is 2.39. The van der Waals surface area contributed by atoms with Crippen LogP contribution in [0.25, 0.3) is 0 Å². The van der Waals surface area contributed by atoms with Crippen LogP contribution in [0.1, 0.15) is 44.6 Å². The third-order valence-corrected chi connectivity index (χ3v) is 4.83. The predicted octanol–water partition coefficient (Wildman–Crippen LogP) is 3.91. The van der Waals surface area contributed by atoms with Gasteiger partial charge in [0, 0.05) is 17.1 Å². The largest absolute Gasteiger partial charge is 0.314 e. The van der Waals surface area contributed by atoms with Crippen LogP contribution in [0.2, 0.25) is 5.02 Å². The second-order valence-corrected chi connectivity index (χ2v) is 6.68. The van der Waals surface area contributed by atoms with Gasteiger partial charge in [0.1, 0.15) is 0 Å². The van der Waals surface area contributed by atoms with Gasteiger partial charge >= 0.3 is 0 Å². The summed E-state index contributed by atoms with van der Waals surface area (Å²) in [6.07, 6.45) is 3.68. The lowest BCUT2D eigenvalue weighted by molar-refractivity contribution is 0.253. The topological polar surface area (TPSA) is 15.3 Å². The molecular formula is C17H27ClN2. The molecule has 0 amide bonds. The second kappa shape index (κ2) is 7.44. The molecule has 1 N–H and O–H groups in total. The number of benzene rings is 1. The van der Waals surface area contributed by atoms with Crippen molar-refractivity contribution in [1.82, 2.24) is 10.2 Å². The minimum absolute atomic E-state index is 0.642. The fourth-order valence-corrected chi connectivity index (χ4v) is 3.03. The maximum Gasteiger partial charge on any atom is 0.0440 e. The van der Waals surface area contributed by atoms with Crippen molar-refractivity contribution in [2.75, 3.05) is 20.1 Å². The Morgan fingerprint density at radius 2 is 2.00 bits per heavy atom. The molecule has 1 aromatic carbocycles. The average Bonchev–Trinajstić information content (AvgIpc) is 2.37. The van der Waals surface area contributed by atoms with E-state index >= 15 is 0 Å². The summed E-state index contributed by atoms with van der Waals surface area (Å²) in [5, 5.41) is 4.59. The molecule has 0 heterocycles. The van der Waals surface area contributed by atoms with Crippen molar-refractivity contribution >= 4 is 11.6 Å². The molecule has 20 heavy (non-hydrogen) atoms. The van der Waals surface area contributed by atoms with E-state index in [0.717, 1.165) is 11.6 Å². The first-order valence-electron chi connectivity index (χ1n) is 7.76. The number of nitrogens with zero attached hydrogens (tertiary/aromatic N) is 1. The fraction of sp³-hybridized carbons (Fsp3) is 0.647. The van der Waals surface area contributed by atoms with E-state index in [9.17, 15) is 0 Å². The summed E-state index contributed by atoms with van der Waals surface area (Å²) >= 11 is 6.24. The molecule has 2 rings (SSSR count). The van der Waals surface area contributed by atoms with Crippen molar-refractivity contribution in [3.8, 4) is 0 Å². The average molecular weight is 295 g/mol. The van der Waals surface area contributed by atoms with Gasteiger partial charge in [0.05, 0.1) is 0 Å². The molecule has 1 fully saturated rings. The first-order chi connectivity index (χ1) is 9.58. The molecular weight excluding hydrogens is 268 g/mol. The highest BCUT2D eigenvalue weighted by atomic mass is 35.5. The van der Waals surface area contributed by atoms with Crippen LogP contribution >= 0.6 is 11.6 Å². The number of halogens is 1. The predicted molar refractivity (Wildman–Crippen MR) is 87.6 cm³/mol. The van der Waals surface area contributed by atoms with Crippen molar-refractivity contribution < 1.29 is 0 Å². The van der Waals surface area contributed by atoms with Crippen molar-refractivity contribution in [2.45, 2.75) is 51.1 Å². The monoisotopic (exact) mass is 294 g/mol. The lowest BCUT2D eigenvalue weighted by atomic mass is 9.76. The quantitative estimate of drug-likeness (QED) is 0.767. The molecule has 0 aliphatic heterocycles. The van der Waals surface area contributed by atoms with E-state index in [4.69, 9.17) is 11.6 Å². The smallest absolute Gasteiger partial charge is 0.0440 e. The molecule has 3 heteroatoms. The second-order valence-electron chi connectivity index (χ2n) is 6.27. The molecule has 1 aliphatic carbocycles. The van der Waals surface area contributed by atoms with Gasteiger partial charge in [0.15, 0.2) is 0 Å². The molecule has 0 bridgehead atoms. The molecule has 0 saturated heterocycles. The first-order valence-corrected chi connectivity index (χ1v) is 8.13. The van der Waals surface area contributed by atoms with Crippen molar-refractivity contribution in [1.29, 1.82) is 0 Å². The van der Waals surface area contributed by atoms with Gasteiger partial charge in [-0.2, -0.15) is 0 Å². The summed E-state index contributed by atoms with van der Waals surface area (Å²) in [6.45, 7) is 6.78. The third-order valence-electron chi connectivity index (χ3n) is 4.49. The van der Waals surface area contributed by atoms with E-state index < -0.39 is 0 Å². The zero-order valence-corrected chi connectivity index (χ0v) is 13.7. The highest BCUT2D eigenvalue weighted by Gasteiger charge is 2.30. The molecule has 0 spiro atoms. The van der Waals surface area contributed by atoms with Gasteiger partial charge in [-0.3, -0.25) is 0 Å². The zero-order chi connectivity index (χ0) is 14.5. The summed E-state index contributed by atoms with van der Waals surface area (Å²) in [6, 6.07) is 9.58. The summed E-state index contributed by atoms with van der Waals surface area (Å²) in [7, 11) is 2.20. The van der Waals surface area contributed by atoms with E-state index in [-0.39, 0.29) is 0 Å². The Morgan fingerprint density at radius 1 is 1.30 bits per heavy atom. The van der Waals surface area contributed by atoms with Crippen LogP contribution in [-0.2, 0) is 0 Å². The van der Waals surface area contributed by atoms with Crippen LogP contribution in [0.4, 0.5) is 0 Å².